The van der Waals surface area contributed by atoms with Gasteiger partial charge in [0.15, 0.2) is 0 Å². The predicted octanol–water partition coefficient (Wildman–Crippen LogP) is 3.98. The number of rotatable bonds is 5. The molecule has 7 heteroatoms. The number of aromatic nitrogens is 2. The molecule has 4 nitrogen and oxygen atoms in total. The Hall–Kier alpha value is -2.83. The molecular formula is C16H12F3N3O. The Bertz CT molecular complexity index is 809. The normalized spacial score (nSPS) is 11.0. The van der Waals surface area contributed by atoms with E-state index in [1.807, 2.05) is 0 Å². The number of halogens is 3. The highest BCUT2D eigenvalue weighted by Gasteiger charge is 2.06. The fourth-order valence-electron chi connectivity index (χ4n) is 2.15. The average molecular weight is 319 g/mol. The SMILES string of the molecule is Fc1ccc2c(NCc3ccc(OC(F)F)cn3)ccnc2c1. The maximum atomic E-state index is 13.2. The number of nitrogens with zero attached hydrogens (tertiary/aromatic N) is 2. The van der Waals surface area contributed by atoms with E-state index in [9.17, 15) is 13.2 Å². The molecule has 0 fully saturated rings. The number of fused-ring (bicyclic) bond motifs is 1. The van der Waals surface area contributed by atoms with Gasteiger partial charge in [-0.05, 0) is 30.3 Å². The van der Waals surface area contributed by atoms with Crippen LogP contribution in [0.15, 0.2) is 48.8 Å². The number of hydrogen-bond acceptors (Lipinski definition) is 4. The zero-order valence-electron chi connectivity index (χ0n) is 11.8. The minimum absolute atomic E-state index is 0.00795. The fourth-order valence-corrected chi connectivity index (χ4v) is 2.15. The molecule has 1 N–H and O–H groups in total. The molecule has 1 aromatic carbocycles. The van der Waals surface area contributed by atoms with E-state index in [0.717, 1.165) is 11.1 Å². The second-order valence-corrected chi connectivity index (χ2v) is 4.74. The topological polar surface area (TPSA) is 47.0 Å². The second-order valence-electron chi connectivity index (χ2n) is 4.74. The highest BCUT2D eigenvalue weighted by atomic mass is 19.3. The summed E-state index contributed by atoms with van der Waals surface area (Å²) in [6.07, 6.45) is 2.82. The summed E-state index contributed by atoms with van der Waals surface area (Å²) in [6.45, 7) is -2.49. The number of nitrogens with one attached hydrogen (secondary N) is 1. The van der Waals surface area contributed by atoms with Crippen molar-refractivity contribution in [1.82, 2.24) is 9.97 Å². The molecule has 2 aromatic heterocycles. The van der Waals surface area contributed by atoms with Crippen LogP contribution in [0.2, 0.25) is 0 Å². The Kier molecular flexibility index (Phi) is 4.27. The van der Waals surface area contributed by atoms with Gasteiger partial charge in [-0.1, -0.05) is 0 Å². The van der Waals surface area contributed by atoms with E-state index < -0.39 is 6.61 Å². The molecule has 23 heavy (non-hydrogen) atoms. The highest BCUT2D eigenvalue weighted by molar-refractivity contribution is 5.90. The van der Waals surface area contributed by atoms with Gasteiger partial charge in [0.1, 0.15) is 11.6 Å². The first-order valence-electron chi connectivity index (χ1n) is 6.80. The number of benzene rings is 1. The molecule has 3 aromatic rings. The van der Waals surface area contributed by atoms with Crippen molar-refractivity contribution in [2.75, 3.05) is 5.32 Å². The van der Waals surface area contributed by atoms with Crippen molar-refractivity contribution < 1.29 is 17.9 Å². The smallest absolute Gasteiger partial charge is 0.387 e. The van der Waals surface area contributed by atoms with Crippen molar-refractivity contribution in [2.24, 2.45) is 0 Å². The van der Waals surface area contributed by atoms with Crippen molar-refractivity contribution in [2.45, 2.75) is 13.2 Å². The first-order chi connectivity index (χ1) is 11.1. The predicted molar refractivity (Wildman–Crippen MR) is 79.9 cm³/mol. The van der Waals surface area contributed by atoms with E-state index in [2.05, 4.69) is 20.0 Å². The van der Waals surface area contributed by atoms with Crippen LogP contribution in [0.4, 0.5) is 18.9 Å². The van der Waals surface area contributed by atoms with E-state index in [1.54, 1.807) is 24.4 Å². The number of pyridine rings is 2. The zero-order chi connectivity index (χ0) is 16.2. The molecule has 0 atom stereocenters. The molecule has 0 amide bonds. The van der Waals surface area contributed by atoms with Crippen molar-refractivity contribution >= 4 is 16.6 Å². The van der Waals surface area contributed by atoms with E-state index in [1.165, 1.54) is 24.4 Å². The molecule has 0 saturated heterocycles. The van der Waals surface area contributed by atoms with Gasteiger partial charge in [-0.3, -0.25) is 9.97 Å². The number of ether oxygens (including phenoxy) is 1. The molecule has 2 heterocycles. The quantitative estimate of drug-likeness (QED) is 0.772. The molecule has 3 rings (SSSR count). The Morgan fingerprint density at radius 1 is 1.09 bits per heavy atom. The van der Waals surface area contributed by atoms with Crippen LogP contribution < -0.4 is 10.1 Å². The third-order valence-electron chi connectivity index (χ3n) is 3.19. The molecule has 0 aliphatic rings. The van der Waals surface area contributed by atoms with Crippen LogP contribution in [0.1, 0.15) is 5.69 Å². The van der Waals surface area contributed by atoms with Gasteiger partial charge in [0, 0.05) is 23.3 Å². The first-order valence-corrected chi connectivity index (χ1v) is 6.80. The van der Waals surface area contributed by atoms with Gasteiger partial charge in [-0.25, -0.2) is 4.39 Å². The van der Waals surface area contributed by atoms with Gasteiger partial charge in [-0.15, -0.1) is 0 Å². The minimum Gasteiger partial charge on any atom is -0.433 e. The van der Waals surface area contributed by atoms with Crippen LogP contribution in [0.5, 0.6) is 5.75 Å². The molecule has 0 aliphatic carbocycles. The van der Waals surface area contributed by atoms with Gasteiger partial charge in [0.25, 0.3) is 0 Å². The Labute approximate surface area is 129 Å². The van der Waals surface area contributed by atoms with E-state index in [4.69, 9.17) is 0 Å². The van der Waals surface area contributed by atoms with Crippen molar-refractivity contribution in [3.05, 3.63) is 60.3 Å². The Balaban J connectivity index is 1.73. The van der Waals surface area contributed by atoms with Gasteiger partial charge in [-0.2, -0.15) is 8.78 Å². The van der Waals surface area contributed by atoms with E-state index in [-0.39, 0.29) is 11.6 Å². The van der Waals surface area contributed by atoms with Crippen LogP contribution in [-0.4, -0.2) is 16.6 Å². The van der Waals surface area contributed by atoms with Crippen molar-refractivity contribution in [1.29, 1.82) is 0 Å². The zero-order valence-corrected chi connectivity index (χ0v) is 11.8. The molecule has 0 spiro atoms. The lowest BCUT2D eigenvalue weighted by molar-refractivity contribution is -0.0500. The summed E-state index contributed by atoms with van der Waals surface area (Å²) in [5, 5.41) is 3.95. The summed E-state index contributed by atoms with van der Waals surface area (Å²) in [6, 6.07) is 9.16. The van der Waals surface area contributed by atoms with Crippen LogP contribution in [0, 0.1) is 5.82 Å². The molecule has 0 bridgehead atoms. The van der Waals surface area contributed by atoms with E-state index in [0.29, 0.717) is 17.8 Å². The fraction of sp³-hybridized carbons (Fsp3) is 0.125. The van der Waals surface area contributed by atoms with Gasteiger partial charge in [0.05, 0.1) is 24.0 Å². The third-order valence-corrected chi connectivity index (χ3v) is 3.19. The van der Waals surface area contributed by atoms with Crippen molar-refractivity contribution in [3.63, 3.8) is 0 Å². The molecular weight excluding hydrogens is 307 g/mol. The third kappa shape index (κ3) is 3.68. The number of alkyl halides is 2. The van der Waals surface area contributed by atoms with Gasteiger partial charge in [0.2, 0.25) is 0 Å². The van der Waals surface area contributed by atoms with Gasteiger partial charge < -0.3 is 10.1 Å². The van der Waals surface area contributed by atoms with Gasteiger partial charge >= 0.3 is 6.61 Å². The average Bonchev–Trinajstić information content (AvgIpc) is 2.53. The summed E-state index contributed by atoms with van der Waals surface area (Å²) in [7, 11) is 0. The highest BCUT2D eigenvalue weighted by Crippen LogP contribution is 2.22. The molecule has 0 radical (unpaired) electrons. The summed E-state index contributed by atoms with van der Waals surface area (Å²) >= 11 is 0. The maximum absolute atomic E-state index is 13.2. The summed E-state index contributed by atoms with van der Waals surface area (Å²) in [5.74, 6) is -0.341. The van der Waals surface area contributed by atoms with E-state index >= 15 is 0 Å². The van der Waals surface area contributed by atoms with Crippen molar-refractivity contribution in [3.8, 4) is 5.75 Å². The largest absolute Gasteiger partial charge is 0.433 e. The number of anilines is 1. The van der Waals surface area contributed by atoms with Crippen LogP contribution in [0.25, 0.3) is 10.9 Å². The van der Waals surface area contributed by atoms with Crippen LogP contribution in [0.3, 0.4) is 0 Å². The summed E-state index contributed by atoms with van der Waals surface area (Å²) < 4.78 is 41.6. The second kappa shape index (κ2) is 6.51. The minimum atomic E-state index is -2.87. The van der Waals surface area contributed by atoms with Crippen LogP contribution in [-0.2, 0) is 6.54 Å². The lowest BCUT2D eigenvalue weighted by Gasteiger charge is -2.10. The lowest BCUT2D eigenvalue weighted by Crippen LogP contribution is -2.05. The molecule has 118 valence electrons. The lowest BCUT2D eigenvalue weighted by atomic mass is 10.2. The van der Waals surface area contributed by atoms with Crippen LogP contribution >= 0.6 is 0 Å². The molecule has 0 saturated carbocycles. The monoisotopic (exact) mass is 319 g/mol. The maximum Gasteiger partial charge on any atom is 0.387 e. The standard InChI is InChI=1S/C16H12F3N3O/c17-10-1-4-13-14(5-6-20-15(13)7-10)22-8-11-2-3-12(9-21-11)23-16(18)19/h1-7,9,16H,8H2,(H,20,22). The number of hydrogen-bond donors (Lipinski definition) is 1. The molecule has 0 aliphatic heterocycles. The molecule has 0 unspecified atom stereocenters. The Morgan fingerprint density at radius 3 is 2.70 bits per heavy atom. The first kappa shape index (κ1) is 15.1. The Morgan fingerprint density at radius 2 is 1.96 bits per heavy atom. The summed E-state index contributed by atoms with van der Waals surface area (Å²) in [4.78, 5) is 8.16. The summed E-state index contributed by atoms with van der Waals surface area (Å²) in [5.41, 5.74) is 1.98.